The summed E-state index contributed by atoms with van der Waals surface area (Å²) in [6, 6.07) is 13.6. The molecule has 0 spiro atoms. The van der Waals surface area contributed by atoms with Crippen LogP contribution in [0.15, 0.2) is 59.1 Å². The van der Waals surface area contributed by atoms with E-state index in [0.29, 0.717) is 11.1 Å². The van der Waals surface area contributed by atoms with Crippen molar-refractivity contribution in [1.82, 2.24) is 4.90 Å². The maximum Gasteiger partial charge on any atom is 0.262 e. The van der Waals surface area contributed by atoms with E-state index in [1.165, 1.54) is 0 Å². The normalized spacial score (nSPS) is 15.3. The lowest BCUT2D eigenvalue weighted by Gasteiger charge is -2.21. The first kappa shape index (κ1) is 15.6. The Hall–Kier alpha value is -2.24. The molecule has 23 heavy (non-hydrogen) atoms. The lowest BCUT2D eigenvalue weighted by molar-refractivity contribution is 0.0565. The molecule has 5 heteroatoms. The number of amides is 2. The van der Waals surface area contributed by atoms with Crippen molar-refractivity contribution in [3.05, 3.63) is 75.8 Å². The third-order valence-electron chi connectivity index (χ3n) is 3.73. The molecule has 1 N–H and O–H groups in total. The first-order valence-electron chi connectivity index (χ1n) is 7.13. The molecule has 0 saturated carbocycles. The van der Waals surface area contributed by atoms with Crippen LogP contribution in [0.1, 0.15) is 26.3 Å². The van der Waals surface area contributed by atoms with Crippen molar-refractivity contribution < 1.29 is 14.7 Å². The zero-order valence-electron chi connectivity index (χ0n) is 12.1. The number of halogens is 1. The number of carbonyl (C=O) groups excluding carboxylic acids is 2. The van der Waals surface area contributed by atoms with Crippen LogP contribution in [0.3, 0.4) is 0 Å². The van der Waals surface area contributed by atoms with E-state index in [-0.39, 0.29) is 18.4 Å². The van der Waals surface area contributed by atoms with Gasteiger partial charge in [0.25, 0.3) is 11.8 Å². The van der Waals surface area contributed by atoms with E-state index in [9.17, 15) is 14.7 Å². The third kappa shape index (κ3) is 2.98. The predicted molar refractivity (Wildman–Crippen MR) is 91.0 cm³/mol. The number of hydrogen-bond acceptors (Lipinski definition) is 3. The number of nitrogens with zero attached hydrogens (tertiary/aromatic N) is 1. The summed E-state index contributed by atoms with van der Waals surface area (Å²) in [7, 11) is 0. The average molecular weight is 372 g/mol. The lowest BCUT2D eigenvalue weighted by Crippen LogP contribution is -2.40. The molecular weight excluding hydrogens is 358 g/mol. The molecule has 0 fully saturated rings. The second kappa shape index (κ2) is 6.48. The van der Waals surface area contributed by atoms with Crippen molar-refractivity contribution in [2.75, 3.05) is 6.61 Å². The van der Waals surface area contributed by atoms with Gasteiger partial charge in [-0.1, -0.05) is 52.3 Å². The topological polar surface area (TPSA) is 57.6 Å². The number of carbonyl (C=O) groups is 2. The molecule has 0 aromatic heterocycles. The predicted octanol–water partition coefficient (Wildman–Crippen LogP) is 3.12. The van der Waals surface area contributed by atoms with Crippen LogP contribution >= 0.6 is 15.9 Å². The summed E-state index contributed by atoms with van der Waals surface area (Å²) in [5.74, 6) is -0.741. The standard InChI is InChI=1S/C18H14BrNO3/c19-13-8-5-12(6-9-13)7-10-14(11-21)20-17(22)15-3-1-2-4-16(15)18(20)23/h1-10,14,21H,11H2/b10-7+/t14-/m1/s1. The van der Waals surface area contributed by atoms with E-state index in [1.807, 2.05) is 24.3 Å². The Morgan fingerprint density at radius 3 is 2.09 bits per heavy atom. The zero-order chi connectivity index (χ0) is 16.4. The van der Waals surface area contributed by atoms with Gasteiger partial charge < -0.3 is 5.11 Å². The van der Waals surface area contributed by atoms with Crippen molar-refractivity contribution >= 4 is 33.8 Å². The van der Waals surface area contributed by atoms with Crippen LogP contribution in [-0.4, -0.2) is 34.5 Å². The van der Waals surface area contributed by atoms with E-state index < -0.39 is 6.04 Å². The minimum atomic E-state index is -0.689. The summed E-state index contributed by atoms with van der Waals surface area (Å²) in [6.45, 7) is -0.321. The molecule has 0 bridgehead atoms. The smallest absolute Gasteiger partial charge is 0.262 e. The maximum atomic E-state index is 12.4. The highest BCUT2D eigenvalue weighted by Crippen LogP contribution is 2.25. The van der Waals surface area contributed by atoms with E-state index >= 15 is 0 Å². The Kier molecular flexibility index (Phi) is 4.41. The van der Waals surface area contributed by atoms with Crippen molar-refractivity contribution in [2.24, 2.45) is 0 Å². The monoisotopic (exact) mass is 371 g/mol. The molecule has 3 rings (SSSR count). The quantitative estimate of drug-likeness (QED) is 0.840. The van der Waals surface area contributed by atoms with E-state index in [2.05, 4.69) is 15.9 Å². The summed E-state index contributed by atoms with van der Waals surface area (Å²) in [5.41, 5.74) is 1.68. The minimum absolute atomic E-state index is 0.321. The summed E-state index contributed by atoms with van der Waals surface area (Å²) in [4.78, 5) is 25.9. The third-order valence-corrected chi connectivity index (χ3v) is 4.25. The van der Waals surface area contributed by atoms with Gasteiger partial charge in [-0.15, -0.1) is 0 Å². The van der Waals surface area contributed by atoms with Gasteiger partial charge in [0, 0.05) is 4.47 Å². The van der Waals surface area contributed by atoms with Gasteiger partial charge in [-0.05, 0) is 29.8 Å². The molecule has 2 aromatic rings. The summed E-state index contributed by atoms with van der Waals surface area (Å²) >= 11 is 3.36. The molecule has 1 heterocycles. The largest absolute Gasteiger partial charge is 0.394 e. The molecule has 2 aromatic carbocycles. The highest BCUT2D eigenvalue weighted by atomic mass is 79.9. The molecule has 1 aliphatic heterocycles. The Morgan fingerprint density at radius 1 is 1.00 bits per heavy atom. The van der Waals surface area contributed by atoms with Crippen LogP contribution in [0.25, 0.3) is 6.08 Å². The van der Waals surface area contributed by atoms with Crippen molar-refractivity contribution in [2.45, 2.75) is 6.04 Å². The SMILES string of the molecule is O=C1c2ccccc2C(=O)N1[C@H](/C=C/c1ccc(Br)cc1)CO. The molecular formula is C18H14BrNO3. The zero-order valence-corrected chi connectivity index (χ0v) is 13.7. The first-order chi connectivity index (χ1) is 11.1. The molecule has 0 aliphatic carbocycles. The van der Waals surface area contributed by atoms with Crippen LogP contribution in [0.5, 0.6) is 0 Å². The number of rotatable bonds is 4. The van der Waals surface area contributed by atoms with E-state index in [4.69, 9.17) is 0 Å². The summed E-state index contributed by atoms with van der Waals surface area (Å²) < 4.78 is 0.966. The van der Waals surface area contributed by atoms with E-state index in [1.54, 1.807) is 36.4 Å². The summed E-state index contributed by atoms with van der Waals surface area (Å²) in [6.07, 6.45) is 3.46. The molecule has 1 aliphatic rings. The van der Waals surface area contributed by atoms with Gasteiger partial charge in [0.15, 0.2) is 0 Å². The van der Waals surface area contributed by atoms with Crippen molar-refractivity contribution in [3.63, 3.8) is 0 Å². The van der Waals surface area contributed by atoms with E-state index in [0.717, 1.165) is 14.9 Å². The van der Waals surface area contributed by atoms with Gasteiger partial charge in [-0.3, -0.25) is 14.5 Å². The van der Waals surface area contributed by atoms with Gasteiger partial charge in [0.05, 0.1) is 23.8 Å². The Bertz CT molecular complexity index is 748. The number of fused-ring (bicyclic) bond motifs is 1. The molecule has 1 atom stereocenters. The van der Waals surface area contributed by atoms with Crippen molar-refractivity contribution in [3.8, 4) is 0 Å². The Balaban J connectivity index is 1.86. The Morgan fingerprint density at radius 2 is 1.57 bits per heavy atom. The fraction of sp³-hybridized carbons (Fsp3) is 0.111. The molecule has 0 saturated heterocycles. The molecule has 2 amide bonds. The minimum Gasteiger partial charge on any atom is -0.394 e. The fourth-order valence-corrected chi connectivity index (χ4v) is 2.80. The first-order valence-corrected chi connectivity index (χ1v) is 7.92. The fourth-order valence-electron chi connectivity index (χ4n) is 2.53. The molecule has 116 valence electrons. The number of imide groups is 1. The average Bonchev–Trinajstić information content (AvgIpc) is 2.83. The van der Waals surface area contributed by atoms with Crippen LogP contribution in [0.4, 0.5) is 0 Å². The van der Waals surface area contributed by atoms with Crippen LogP contribution in [-0.2, 0) is 0 Å². The van der Waals surface area contributed by atoms with Crippen LogP contribution in [0.2, 0.25) is 0 Å². The van der Waals surface area contributed by atoms with Crippen LogP contribution in [0, 0.1) is 0 Å². The van der Waals surface area contributed by atoms with Gasteiger partial charge in [0.2, 0.25) is 0 Å². The number of aliphatic hydroxyl groups is 1. The molecule has 0 unspecified atom stereocenters. The van der Waals surface area contributed by atoms with Crippen molar-refractivity contribution in [1.29, 1.82) is 0 Å². The van der Waals surface area contributed by atoms with Gasteiger partial charge in [0.1, 0.15) is 0 Å². The maximum absolute atomic E-state index is 12.4. The number of hydrogen-bond donors (Lipinski definition) is 1. The van der Waals surface area contributed by atoms with Crippen LogP contribution < -0.4 is 0 Å². The molecule has 4 nitrogen and oxygen atoms in total. The second-order valence-electron chi connectivity index (χ2n) is 5.19. The van der Waals surface area contributed by atoms with Gasteiger partial charge in [-0.25, -0.2) is 0 Å². The number of aliphatic hydroxyl groups excluding tert-OH is 1. The highest BCUT2D eigenvalue weighted by Gasteiger charge is 2.38. The Labute approximate surface area is 142 Å². The summed E-state index contributed by atoms with van der Waals surface area (Å²) in [5, 5.41) is 9.62. The number of benzene rings is 2. The van der Waals surface area contributed by atoms with Gasteiger partial charge >= 0.3 is 0 Å². The lowest BCUT2D eigenvalue weighted by atomic mass is 10.1. The highest BCUT2D eigenvalue weighted by molar-refractivity contribution is 9.10. The second-order valence-corrected chi connectivity index (χ2v) is 6.10. The van der Waals surface area contributed by atoms with Gasteiger partial charge in [-0.2, -0.15) is 0 Å². The molecule has 0 radical (unpaired) electrons.